The van der Waals surface area contributed by atoms with Gasteiger partial charge in [-0.15, -0.1) is 0 Å². The summed E-state index contributed by atoms with van der Waals surface area (Å²) in [7, 11) is -3.93. The number of hydrogen-bond acceptors (Lipinski definition) is 6. The highest BCUT2D eigenvalue weighted by atomic mass is 79.9. The number of benzene rings is 3. The lowest BCUT2D eigenvalue weighted by Crippen LogP contribution is -2.50. The van der Waals surface area contributed by atoms with Crippen LogP contribution in [0.5, 0.6) is 5.75 Å². The van der Waals surface area contributed by atoms with Gasteiger partial charge in [0.05, 0.1) is 13.2 Å². The Labute approximate surface area is 243 Å². The maximum atomic E-state index is 13.6. The lowest BCUT2D eigenvalue weighted by Gasteiger charge is -2.38. The molecule has 0 bridgehead atoms. The molecule has 1 aliphatic heterocycles. The maximum absolute atomic E-state index is 13.6. The van der Waals surface area contributed by atoms with Crippen molar-refractivity contribution in [1.29, 1.82) is 0 Å². The minimum absolute atomic E-state index is 0.0256. The molecule has 10 heteroatoms. The van der Waals surface area contributed by atoms with E-state index in [1.807, 2.05) is 62.4 Å². The summed E-state index contributed by atoms with van der Waals surface area (Å²) in [5.74, 6) is -0.102. The fourth-order valence-corrected chi connectivity index (χ4v) is 7.54. The van der Waals surface area contributed by atoms with E-state index >= 15 is 0 Å². The molecule has 3 atom stereocenters. The Morgan fingerprint density at radius 3 is 2.35 bits per heavy atom. The Morgan fingerprint density at radius 1 is 1.12 bits per heavy atom. The number of nitrogens with zero attached hydrogens (tertiary/aromatic N) is 2. The first-order chi connectivity index (χ1) is 19.1. The van der Waals surface area contributed by atoms with Gasteiger partial charge in [0.1, 0.15) is 16.7 Å². The summed E-state index contributed by atoms with van der Waals surface area (Å²) in [5, 5.41) is 9.84. The van der Waals surface area contributed by atoms with Gasteiger partial charge in [-0.2, -0.15) is 4.31 Å². The number of carbonyl (C=O) groups is 1. The quantitative estimate of drug-likeness (QED) is 0.390. The number of ether oxygens (including phenoxy) is 2. The van der Waals surface area contributed by atoms with Crippen molar-refractivity contribution < 1.29 is 27.8 Å². The number of halogens is 1. The molecule has 0 aromatic heterocycles. The number of rotatable bonds is 6. The van der Waals surface area contributed by atoms with Gasteiger partial charge in [-0.1, -0.05) is 71.4 Å². The van der Waals surface area contributed by atoms with Gasteiger partial charge in [-0.3, -0.25) is 0 Å². The molecular formula is C30H33BrN2O6S. The predicted octanol–water partition coefficient (Wildman–Crippen LogP) is 5.45. The van der Waals surface area contributed by atoms with E-state index in [1.165, 1.54) is 10.4 Å². The normalized spacial score (nSPS) is 20.7. The molecule has 1 heterocycles. The van der Waals surface area contributed by atoms with Crippen molar-refractivity contribution in [1.82, 2.24) is 9.21 Å². The molecule has 1 amide bonds. The summed E-state index contributed by atoms with van der Waals surface area (Å²) in [5.41, 5.74) is 4.00. The van der Waals surface area contributed by atoms with Gasteiger partial charge in [-0.05, 0) is 43.2 Å². The lowest BCUT2D eigenvalue weighted by molar-refractivity contribution is 0.0442. The van der Waals surface area contributed by atoms with Crippen molar-refractivity contribution in [2.24, 2.45) is 5.92 Å². The van der Waals surface area contributed by atoms with E-state index in [0.29, 0.717) is 11.0 Å². The van der Waals surface area contributed by atoms with Crippen LogP contribution in [0.4, 0.5) is 4.79 Å². The highest BCUT2D eigenvalue weighted by molar-refractivity contribution is 9.10. The summed E-state index contributed by atoms with van der Waals surface area (Å²) < 4.78 is 41.6. The highest BCUT2D eigenvalue weighted by Crippen LogP contribution is 2.45. The van der Waals surface area contributed by atoms with Crippen LogP contribution in [-0.4, -0.2) is 67.2 Å². The van der Waals surface area contributed by atoms with Crippen LogP contribution in [0, 0.1) is 5.92 Å². The van der Waals surface area contributed by atoms with Gasteiger partial charge in [0.2, 0.25) is 10.0 Å². The van der Waals surface area contributed by atoms with Crippen LogP contribution in [0.1, 0.15) is 38.0 Å². The molecule has 3 aromatic rings. The monoisotopic (exact) mass is 628 g/mol. The van der Waals surface area contributed by atoms with Crippen molar-refractivity contribution in [3.63, 3.8) is 0 Å². The number of likely N-dealkylation sites (N-methyl/N-ethyl adjacent to an activating group) is 1. The van der Waals surface area contributed by atoms with Crippen LogP contribution >= 0.6 is 15.9 Å². The van der Waals surface area contributed by atoms with Crippen LogP contribution in [-0.2, 0) is 14.8 Å². The summed E-state index contributed by atoms with van der Waals surface area (Å²) in [6.45, 7) is 5.82. The van der Waals surface area contributed by atoms with Gasteiger partial charge in [0.15, 0.2) is 6.10 Å². The second-order valence-electron chi connectivity index (χ2n) is 10.3. The molecule has 5 rings (SSSR count). The van der Waals surface area contributed by atoms with Crippen LogP contribution in [0.3, 0.4) is 0 Å². The molecule has 40 heavy (non-hydrogen) atoms. The Bertz CT molecular complexity index is 1470. The van der Waals surface area contributed by atoms with E-state index in [2.05, 4.69) is 15.9 Å². The summed E-state index contributed by atoms with van der Waals surface area (Å²) in [4.78, 5) is 15.2. The second-order valence-corrected chi connectivity index (χ2v) is 13.1. The number of hydrogen-bond donors (Lipinski definition) is 1. The SMILES string of the molecule is CCN(C[C@@H]1Oc2cc(Br)ccc2S(=O)(=O)N([C@@H](C)CO)C[C@H]1C)C(=O)OC1c2ccccc2-c2ccccc21. The zero-order valence-corrected chi connectivity index (χ0v) is 25.1. The van der Waals surface area contributed by atoms with Gasteiger partial charge in [-0.25, -0.2) is 13.2 Å². The first-order valence-electron chi connectivity index (χ1n) is 13.4. The predicted molar refractivity (Wildman–Crippen MR) is 156 cm³/mol. The van der Waals surface area contributed by atoms with E-state index in [1.54, 1.807) is 24.0 Å². The molecular weight excluding hydrogens is 596 g/mol. The molecule has 2 aliphatic rings. The highest BCUT2D eigenvalue weighted by Gasteiger charge is 2.39. The molecule has 212 valence electrons. The van der Waals surface area contributed by atoms with E-state index in [4.69, 9.17) is 9.47 Å². The zero-order chi connectivity index (χ0) is 28.6. The van der Waals surface area contributed by atoms with Crippen molar-refractivity contribution in [3.05, 3.63) is 82.3 Å². The molecule has 1 aliphatic carbocycles. The fraction of sp³-hybridized carbons (Fsp3) is 0.367. The van der Waals surface area contributed by atoms with Gasteiger partial charge < -0.3 is 19.5 Å². The summed E-state index contributed by atoms with van der Waals surface area (Å²) in [6.07, 6.45) is -1.53. The fourth-order valence-electron chi connectivity index (χ4n) is 5.38. The van der Waals surface area contributed by atoms with E-state index in [-0.39, 0.29) is 36.3 Å². The molecule has 0 radical (unpaired) electrons. The van der Waals surface area contributed by atoms with E-state index in [0.717, 1.165) is 22.3 Å². The Hall–Kier alpha value is -2.92. The Kier molecular flexibility index (Phi) is 8.24. The van der Waals surface area contributed by atoms with Crippen LogP contribution in [0.25, 0.3) is 11.1 Å². The average Bonchev–Trinajstić information content (AvgIpc) is 3.26. The Morgan fingerprint density at radius 2 is 1.75 bits per heavy atom. The number of aliphatic hydroxyl groups is 1. The van der Waals surface area contributed by atoms with Crippen molar-refractivity contribution in [2.45, 2.75) is 43.9 Å². The molecule has 3 aromatic carbocycles. The molecule has 0 fully saturated rings. The molecule has 0 spiro atoms. The van der Waals surface area contributed by atoms with Gasteiger partial charge in [0.25, 0.3) is 0 Å². The standard InChI is InChI=1S/C30H33BrN2O6S/c1-4-32(30(35)39-29-24-11-7-5-9-22(24)23-10-6-8-12-25(23)29)17-27-19(2)16-33(20(3)18-34)40(36,37)28-14-13-21(31)15-26(28)38-27/h5-15,19-20,27,29,34H,4,16-18H2,1-3H3/t19-,20+,27+/m1/s1. The number of aliphatic hydroxyl groups excluding tert-OH is 1. The third kappa shape index (κ3) is 5.25. The molecule has 0 saturated heterocycles. The van der Waals surface area contributed by atoms with Crippen molar-refractivity contribution in [2.75, 3.05) is 26.2 Å². The zero-order valence-electron chi connectivity index (χ0n) is 22.7. The van der Waals surface area contributed by atoms with Crippen molar-refractivity contribution in [3.8, 4) is 16.9 Å². The average molecular weight is 630 g/mol. The number of carbonyl (C=O) groups excluding carboxylic acids is 1. The first-order valence-corrected chi connectivity index (χ1v) is 15.6. The summed E-state index contributed by atoms with van der Waals surface area (Å²) >= 11 is 3.42. The first kappa shape index (κ1) is 28.6. The van der Waals surface area contributed by atoms with E-state index < -0.39 is 34.4 Å². The third-order valence-corrected chi connectivity index (χ3v) is 10.2. The minimum atomic E-state index is -3.93. The smallest absolute Gasteiger partial charge is 0.410 e. The van der Waals surface area contributed by atoms with Crippen LogP contribution in [0.15, 0.2) is 76.1 Å². The van der Waals surface area contributed by atoms with Gasteiger partial charge >= 0.3 is 6.09 Å². The van der Waals surface area contributed by atoms with Crippen LogP contribution < -0.4 is 4.74 Å². The topological polar surface area (TPSA) is 96.4 Å². The third-order valence-electron chi connectivity index (χ3n) is 7.66. The maximum Gasteiger partial charge on any atom is 0.410 e. The summed E-state index contributed by atoms with van der Waals surface area (Å²) in [6, 6.07) is 20.0. The molecule has 1 N–H and O–H groups in total. The van der Waals surface area contributed by atoms with E-state index in [9.17, 15) is 18.3 Å². The molecule has 8 nitrogen and oxygen atoms in total. The number of amides is 1. The Balaban J connectivity index is 1.43. The largest absolute Gasteiger partial charge is 0.487 e. The van der Waals surface area contributed by atoms with Crippen LogP contribution in [0.2, 0.25) is 0 Å². The number of fused-ring (bicyclic) bond motifs is 4. The number of sulfonamides is 1. The second kappa shape index (κ2) is 11.5. The van der Waals surface area contributed by atoms with Gasteiger partial charge in [0, 0.05) is 40.6 Å². The molecule has 0 saturated carbocycles. The lowest BCUT2D eigenvalue weighted by atomic mass is 10.0. The minimum Gasteiger partial charge on any atom is -0.487 e. The molecule has 0 unspecified atom stereocenters. The van der Waals surface area contributed by atoms with Crippen molar-refractivity contribution >= 4 is 32.0 Å².